The minimum absolute atomic E-state index is 0.0838. The fraction of sp³-hybridized carbons (Fsp3) is 0. The Morgan fingerprint density at radius 2 is 2.43 bits per heavy atom. The molecule has 1 amide bonds. The number of nitrogens with two attached hydrogens (primary N) is 1. The summed E-state index contributed by atoms with van der Waals surface area (Å²) in [5.74, 6) is -0.353. The van der Waals surface area contributed by atoms with Crippen LogP contribution in [0.1, 0.15) is 10.5 Å². The SMILES string of the molecule is Nc1cc(C(=O)Nc2cnoc2)no1. The molecule has 2 rings (SSSR count). The maximum atomic E-state index is 11.4. The second-order valence-corrected chi connectivity index (χ2v) is 2.48. The fourth-order valence-electron chi connectivity index (χ4n) is 0.858. The molecule has 0 atom stereocenters. The molecule has 0 aromatic carbocycles. The number of hydrogen-bond acceptors (Lipinski definition) is 6. The van der Waals surface area contributed by atoms with Gasteiger partial charge in [-0.25, -0.2) is 0 Å². The summed E-state index contributed by atoms with van der Waals surface area (Å²) in [6.45, 7) is 0. The predicted octanol–water partition coefficient (Wildman–Crippen LogP) is 0.497. The zero-order chi connectivity index (χ0) is 9.97. The lowest BCUT2D eigenvalue weighted by atomic mass is 10.4. The summed E-state index contributed by atoms with van der Waals surface area (Å²) in [4.78, 5) is 11.4. The Morgan fingerprint density at radius 3 is 3.00 bits per heavy atom. The highest BCUT2D eigenvalue weighted by Crippen LogP contribution is 2.09. The van der Waals surface area contributed by atoms with Gasteiger partial charge in [0.15, 0.2) is 5.69 Å². The van der Waals surface area contributed by atoms with E-state index in [1.807, 2.05) is 0 Å². The standard InChI is InChI=1S/C7H6N4O3/c8-6-1-5(11-14-6)7(12)10-4-2-9-13-3-4/h1-3H,8H2,(H,10,12). The lowest BCUT2D eigenvalue weighted by Crippen LogP contribution is -2.11. The summed E-state index contributed by atoms with van der Waals surface area (Å²) < 4.78 is 9.06. The van der Waals surface area contributed by atoms with Gasteiger partial charge < -0.3 is 20.1 Å². The van der Waals surface area contributed by atoms with Crippen molar-refractivity contribution in [3.8, 4) is 0 Å². The summed E-state index contributed by atoms with van der Waals surface area (Å²) in [5.41, 5.74) is 5.79. The third kappa shape index (κ3) is 1.56. The smallest absolute Gasteiger partial charge is 0.278 e. The van der Waals surface area contributed by atoms with E-state index in [0.717, 1.165) is 0 Å². The molecule has 2 aromatic rings. The fourth-order valence-corrected chi connectivity index (χ4v) is 0.858. The van der Waals surface area contributed by atoms with Crippen molar-refractivity contribution in [3.05, 3.63) is 24.2 Å². The molecule has 0 spiro atoms. The number of nitrogen functional groups attached to an aromatic ring is 1. The van der Waals surface area contributed by atoms with Gasteiger partial charge in [0, 0.05) is 6.07 Å². The van der Waals surface area contributed by atoms with Crippen LogP contribution in [-0.4, -0.2) is 16.2 Å². The topological polar surface area (TPSA) is 107 Å². The monoisotopic (exact) mass is 194 g/mol. The van der Waals surface area contributed by atoms with E-state index < -0.39 is 5.91 Å². The Kier molecular flexibility index (Phi) is 1.90. The van der Waals surface area contributed by atoms with Gasteiger partial charge in [-0.15, -0.1) is 0 Å². The lowest BCUT2D eigenvalue weighted by molar-refractivity contribution is 0.101. The average Bonchev–Trinajstić information content (AvgIpc) is 2.75. The van der Waals surface area contributed by atoms with Gasteiger partial charge in [0.05, 0.1) is 6.20 Å². The zero-order valence-corrected chi connectivity index (χ0v) is 6.93. The molecular formula is C7H6N4O3. The normalized spacial score (nSPS) is 10.0. The van der Waals surface area contributed by atoms with E-state index >= 15 is 0 Å². The molecule has 0 fully saturated rings. The summed E-state index contributed by atoms with van der Waals surface area (Å²) in [5, 5.41) is 9.33. The van der Waals surface area contributed by atoms with Crippen LogP contribution in [0.3, 0.4) is 0 Å². The van der Waals surface area contributed by atoms with Crippen molar-refractivity contribution in [2.75, 3.05) is 11.1 Å². The summed E-state index contributed by atoms with van der Waals surface area (Å²) in [6.07, 6.45) is 2.66. The Balaban J connectivity index is 2.10. The quantitative estimate of drug-likeness (QED) is 0.720. The molecule has 0 saturated heterocycles. The van der Waals surface area contributed by atoms with Gasteiger partial charge in [-0.05, 0) is 0 Å². The van der Waals surface area contributed by atoms with Crippen molar-refractivity contribution in [1.82, 2.24) is 10.3 Å². The van der Waals surface area contributed by atoms with Crippen LogP contribution in [-0.2, 0) is 0 Å². The first-order chi connectivity index (χ1) is 6.75. The van der Waals surface area contributed by atoms with Crippen molar-refractivity contribution in [3.63, 3.8) is 0 Å². The molecule has 0 aliphatic heterocycles. The number of nitrogens with one attached hydrogen (secondary N) is 1. The largest absolute Gasteiger partial charge is 0.368 e. The molecule has 3 N–H and O–H groups in total. The Bertz CT molecular complexity index is 433. The first-order valence-corrected chi connectivity index (χ1v) is 3.68. The predicted molar refractivity (Wildman–Crippen MR) is 45.4 cm³/mol. The molecule has 2 aromatic heterocycles. The van der Waals surface area contributed by atoms with Crippen LogP contribution in [0, 0.1) is 0 Å². The lowest BCUT2D eigenvalue weighted by Gasteiger charge is -1.94. The number of carbonyl (C=O) groups excluding carboxylic acids is 1. The summed E-state index contributed by atoms with van der Waals surface area (Å²) in [6, 6.07) is 1.32. The van der Waals surface area contributed by atoms with E-state index in [2.05, 4.69) is 24.7 Å². The van der Waals surface area contributed by atoms with Crippen molar-refractivity contribution < 1.29 is 13.8 Å². The van der Waals surface area contributed by atoms with E-state index in [4.69, 9.17) is 5.73 Å². The third-order valence-corrected chi connectivity index (χ3v) is 1.45. The number of rotatable bonds is 2. The molecule has 0 aliphatic carbocycles. The Morgan fingerprint density at radius 1 is 1.57 bits per heavy atom. The van der Waals surface area contributed by atoms with Gasteiger partial charge in [-0.1, -0.05) is 10.3 Å². The number of nitrogens with zero attached hydrogens (tertiary/aromatic N) is 2. The molecule has 14 heavy (non-hydrogen) atoms. The van der Waals surface area contributed by atoms with Crippen molar-refractivity contribution in [2.45, 2.75) is 0 Å². The van der Waals surface area contributed by atoms with Crippen LogP contribution in [0.25, 0.3) is 0 Å². The molecule has 72 valence electrons. The third-order valence-electron chi connectivity index (χ3n) is 1.45. The average molecular weight is 194 g/mol. The molecule has 7 heteroatoms. The van der Waals surface area contributed by atoms with Gasteiger partial charge in [-0.2, -0.15) is 0 Å². The van der Waals surface area contributed by atoms with Crippen molar-refractivity contribution in [1.29, 1.82) is 0 Å². The summed E-state index contributed by atoms with van der Waals surface area (Å²) >= 11 is 0. The van der Waals surface area contributed by atoms with E-state index in [-0.39, 0.29) is 11.6 Å². The second kappa shape index (κ2) is 3.21. The number of anilines is 2. The minimum Gasteiger partial charge on any atom is -0.368 e. The number of amides is 1. The number of carbonyl (C=O) groups is 1. The van der Waals surface area contributed by atoms with Crippen LogP contribution in [0.4, 0.5) is 11.6 Å². The summed E-state index contributed by atoms with van der Waals surface area (Å²) in [7, 11) is 0. The maximum Gasteiger partial charge on any atom is 0.278 e. The highest BCUT2D eigenvalue weighted by molar-refractivity contribution is 6.02. The van der Waals surface area contributed by atoms with E-state index in [0.29, 0.717) is 5.69 Å². The molecule has 7 nitrogen and oxygen atoms in total. The van der Waals surface area contributed by atoms with Gasteiger partial charge in [0.2, 0.25) is 5.88 Å². The van der Waals surface area contributed by atoms with Gasteiger partial charge >= 0.3 is 0 Å². The van der Waals surface area contributed by atoms with Crippen LogP contribution in [0.2, 0.25) is 0 Å². The highest BCUT2D eigenvalue weighted by Gasteiger charge is 2.11. The second-order valence-electron chi connectivity index (χ2n) is 2.48. The highest BCUT2D eigenvalue weighted by atomic mass is 16.5. The number of aromatic nitrogens is 2. The van der Waals surface area contributed by atoms with Gasteiger partial charge in [-0.3, -0.25) is 4.79 Å². The minimum atomic E-state index is -0.436. The molecular weight excluding hydrogens is 188 g/mol. The molecule has 0 saturated carbocycles. The molecule has 0 radical (unpaired) electrons. The Labute approximate surface area is 77.8 Å². The first kappa shape index (κ1) is 8.30. The molecule has 0 aliphatic rings. The van der Waals surface area contributed by atoms with E-state index in [9.17, 15) is 4.79 Å². The van der Waals surface area contributed by atoms with Crippen molar-refractivity contribution in [2.24, 2.45) is 0 Å². The van der Waals surface area contributed by atoms with Crippen molar-refractivity contribution >= 4 is 17.5 Å². The van der Waals surface area contributed by atoms with Gasteiger partial charge in [0.25, 0.3) is 5.91 Å². The first-order valence-electron chi connectivity index (χ1n) is 3.68. The molecule has 0 bridgehead atoms. The van der Waals surface area contributed by atoms with Crippen LogP contribution in [0.15, 0.2) is 27.6 Å². The van der Waals surface area contributed by atoms with E-state index in [1.54, 1.807) is 0 Å². The number of hydrogen-bond donors (Lipinski definition) is 2. The zero-order valence-electron chi connectivity index (χ0n) is 6.93. The van der Waals surface area contributed by atoms with Crippen LogP contribution in [0.5, 0.6) is 0 Å². The maximum absolute atomic E-state index is 11.4. The van der Waals surface area contributed by atoms with Gasteiger partial charge in [0.1, 0.15) is 12.0 Å². The molecule has 0 unspecified atom stereocenters. The molecule has 2 heterocycles. The van der Waals surface area contributed by atoms with Crippen LogP contribution >= 0.6 is 0 Å². The van der Waals surface area contributed by atoms with E-state index in [1.165, 1.54) is 18.5 Å². The Hall–Kier alpha value is -2.31. The van der Waals surface area contributed by atoms with Crippen LogP contribution < -0.4 is 11.1 Å².